The summed E-state index contributed by atoms with van der Waals surface area (Å²) in [5.41, 5.74) is 4.56. The van der Waals surface area contributed by atoms with E-state index in [1.54, 1.807) is 6.20 Å². The molecule has 3 nitrogen and oxygen atoms in total. The lowest BCUT2D eigenvalue weighted by molar-refractivity contribution is 1.25. The van der Waals surface area contributed by atoms with E-state index in [2.05, 4.69) is 36.3 Å². The molecule has 0 spiro atoms. The molecule has 0 bridgehead atoms. The molecule has 1 N–H and O–H groups in total. The molecule has 0 unspecified atom stereocenters. The van der Waals surface area contributed by atoms with Crippen LogP contribution in [-0.4, -0.2) is 4.98 Å². The topological polar surface area (TPSA) is 48.7 Å². The molecule has 0 aliphatic carbocycles. The molecule has 1 heterocycles. The van der Waals surface area contributed by atoms with Crippen LogP contribution in [0.3, 0.4) is 0 Å². The van der Waals surface area contributed by atoms with E-state index in [-0.39, 0.29) is 0 Å². The minimum Gasteiger partial charge on any atom is -0.353 e. The minimum absolute atomic E-state index is 0.411. The van der Waals surface area contributed by atoms with Gasteiger partial charge in [-0.25, -0.2) is 4.98 Å². The van der Waals surface area contributed by atoms with Crippen molar-refractivity contribution in [1.82, 2.24) is 4.98 Å². The van der Waals surface area contributed by atoms with Crippen molar-refractivity contribution in [3.05, 3.63) is 53.3 Å². The van der Waals surface area contributed by atoms with Gasteiger partial charge in [0.25, 0.3) is 0 Å². The van der Waals surface area contributed by atoms with E-state index in [9.17, 15) is 0 Å². The van der Waals surface area contributed by atoms with Crippen LogP contribution in [0.2, 0.25) is 0 Å². The average Bonchev–Trinajstić information content (AvgIpc) is 2.35. The monoisotopic (exact) mass is 223 g/mol. The molecule has 0 atom stereocenters. The Bertz CT molecular complexity index is 582. The predicted octanol–water partition coefficient (Wildman–Crippen LogP) is 3.31. The summed E-state index contributed by atoms with van der Waals surface area (Å²) in [6, 6.07) is 11.8. The first-order chi connectivity index (χ1) is 8.22. The number of pyridine rings is 1. The van der Waals surface area contributed by atoms with Crippen molar-refractivity contribution in [1.29, 1.82) is 5.26 Å². The number of nitrogens with one attached hydrogen (secondary N) is 1. The standard InChI is InChI=1S/C14H13N3/c1-10-5-3-6-12(11(10)2)17-13-7-4-8-16-14(13)9-15/h3-8,17H,1-2H3. The highest BCUT2D eigenvalue weighted by Gasteiger charge is 2.05. The highest BCUT2D eigenvalue weighted by atomic mass is 14.9. The summed E-state index contributed by atoms with van der Waals surface area (Å²) < 4.78 is 0. The smallest absolute Gasteiger partial charge is 0.163 e. The van der Waals surface area contributed by atoms with Crippen molar-refractivity contribution in [2.45, 2.75) is 13.8 Å². The lowest BCUT2D eigenvalue weighted by Gasteiger charge is -2.11. The maximum Gasteiger partial charge on any atom is 0.163 e. The molecular weight excluding hydrogens is 210 g/mol. The predicted molar refractivity (Wildman–Crippen MR) is 68.2 cm³/mol. The summed E-state index contributed by atoms with van der Waals surface area (Å²) in [6.45, 7) is 4.12. The van der Waals surface area contributed by atoms with Gasteiger partial charge in [-0.15, -0.1) is 0 Å². The summed E-state index contributed by atoms with van der Waals surface area (Å²) in [6.07, 6.45) is 1.62. The molecular formula is C14H13N3. The SMILES string of the molecule is Cc1cccc(Nc2cccnc2C#N)c1C. The number of aromatic nitrogens is 1. The molecule has 2 rings (SSSR count). The minimum atomic E-state index is 0.411. The average molecular weight is 223 g/mol. The van der Waals surface area contributed by atoms with Crippen LogP contribution in [0.4, 0.5) is 11.4 Å². The molecule has 17 heavy (non-hydrogen) atoms. The van der Waals surface area contributed by atoms with E-state index in [1.807, 2.05) is 24.3 Å². The van der Waals surface area contributed by atoms with Crippen LogP contribution >= 0.6 is 0 Å². The maximum atomic E-state index is 8.97. The van der Waals surface area contributed by atoms with Crippen LogP contribution in [0.5, 0.6) is 0 Å². The Morgan fingerprint density at radius 3 is 2.65 bits per heavy atom. The normalized spacial score (nSPS) is 9.71. The summed E-state index contributed by atoms with van der Waals surface area (Å²) in [7, 11) is 0. The Morgan fingerprint density at radius 2 is 1.88 bits per heavy atom. The Labute approximate surface area is 101 Å². The van der Waals surface area contributed by atoms with Crippen molar-refractivity contribution >= 4 is 11.4 Å². The van der Waals surface area contributed by atoms with E-state index in [0.29, 0.717) is 5.69 Å². The second kappa shape index (κ2) is 4.67. The third kappa shape index (κ3) is 2.26. The maximum absolute atomic E-state index is 8.97. The van der Waals surface area contributed by atoms with Gasteiger partial charge in [-0.2, -0.15) is 5.26 Å². The Hall–Kier alpha value is -2.34. The first kappa shape index (κ1) is 11.2. The molecule has 0 saturated heterocycles. The first-order valence-corrected chi connectivity index (χ1v) is 5.40. The molecule has 84 valence electrons. The molecule has 2 aromatic rings. The van der Waals surface area contributed by atoms with Crippen molar-refractivity contribution in [2.75, 3.05) is 5.32 Å². The van der Waals surface area contributed by atoms with Gasteiger partial charge in [0.05, 0.1) is 5.69 Å². The molecule has 0 radical (unpaired) electrons. The van der Waals surface area contributed by atoms with Crippen LogP contribution in [0.25, 0.3) is 0 Å². The van der Waals surface area contributed by atoms with Gasteiger partial charge in [-0.3, -0.25) is 0 Å². The zero-order valence-corrected chi connectivity index (χ0v) is 9.86. The van der Waals surface area contributed by atoms with Gasteiger partial charge >= 0.3 is 0 Å². The second-order valence-corrected chi connectivity index (χ2v) is 3.88. The highest BCUT2D eigenvalue weighted by molar-refractivity contribution is 5.67. The van der Waals surface area contributed by atoms with E-state index >= 15 is 0 Å². The number of hydrogen-bond acceptors (Lipinski definition) is 3. The lowest BCUT2D eigenvalue weighted by atomic mass is 10.1. The van der Waals surface area contributed by atoms with Gasteiger partial charge in [-0.1, -0.05) is 12.1 Å². The summed E-state index contributed by atoms with van der Waals surface area (Å²) >= 11 is 0. The van der Waals surface area contributed by atoms with Crippen molar-refractivity contribution in [3.63, 3.8) is 0 Å². The van der Waals surface area contributed by atoms with Gasteiger partial charge in [0.1, 0.15) is 6.07 Å². The van der Waals surface area contributed by atoms with Gasteiger partial charge in [0, 0.05) is 11.9 Å². The van der Waals surface area contributed by atoms with Crippen LogP contribution in [0.15, 0.2) is 36.5 Å². The van der Waals surface area contributed by atoms with E-state index in [0.717, 1.165) is 11.4 Å². The number of benzene rings is 1. The molecule has 1 aromatic heterocycles. The molecule has 0 amide bonds. The Morgan fingerprint density at radius 1 is 1.12 bits per heavy atom. The van der Waals surface area contributed by atoms with Gasteiger partial charge in [-0.05, 0) is 43.2 Å². The van der Waals surface area contributed by atoms with Crippen molar-refractivity contribution < 1.29 is 0 Å². The van der Waals surface area contributed by atoms with Crippen molar-refractivity contribution in [3.8, 4) is 6.07 Å². The molecule has 0 aliphatic heterocycles. The largest absolute Gasteiger partial charge is 0.353 e. The highest BCUT2D eigenvalue weighted by Crippen LogP contribution is 2.23. The zero-order valence-electron chi connectivity index (χ0n) is 9.86. The number of aryl methyl sites for hydroxylation is 1. The first-order valence-electron chi connectivity index (χ1n) is 5.40. The molecule has 0 aliphatic rings. The Balaban J connectivity index is 2.39. The summed E-state index contributed by atoms with van der Waals surface area (Å²) in [5.74, 6) is 0. The zero-order chi connectivity index (χ0) is 12.3. The fourth-order valence-electron chi connectivity index (χ4n) is 1.63. The number of nitriles is 1. The van der Waals surface area contributed by atoms with Crippen molar-refractivity contribution in [2.24, 2.45) is 0 Å². The molecule has 0 saturated carbocycles. The van der Waals surface area contributed by atoms with E-state index in [4.69, 9.17) is 5.26 Å². The third-order valence-corrected chi connectivity index (χ3v) is 2.79. The van der Waals surface area contributed by atoms with Gasteiger partial charge in [0.15, 0.2) is 5.69 Å². The van der Waals surface area contributed by atoms with E-state index < -0.39 is 0 Å². The molecule has 1 aromatic carbocycles. The fraction of sp³-hybridized carbons (Fsp3) is 0.143. The van der Waals surface area contributed by atoms with Crippen LogP contribution < -0.4 is 5.32 Å². The lowest BCUT2D eigenvalue weighted by Crippen LogP contribution is -1.98. The molecule has 3 heteroatoms. The Kier molecular flexibility index (Phi) is 3.06. The fourth-order valence-corrected chi connectivity index (χ4v) is 1.63. The summed E-state index contributed by atoms with van der Waals surface area (Å²) in [5, 5.41) is 12.2. The number of hydrogen-bond donors (Lipinski definition) is 1. The van der Waals surface area contributed by atoms with Crippen LogP contribution in [0, 0.1) is 25.2 Å². The number of rotatable bonds is 2. The van der Waals surface area contributed by atoms with Gasteiger partial charge < -0.3 is 5.32 Å². The number of nitrogens with zero attached hydrogens (tertiary/aromatic N) is 2. The number of anilines is 2. The molecule has 0 fully saturated rings. The third-order valence-electron chi connectivity index (χ3n) is 2.79. The van der Waals surface area contributed by atoms with E-state index in [1.165, 1.54) is 11.1 Å². The summed E-state index contributed by atoms with van der Waals surface area (Å²) in [4.78, 5) is 4.02. The van der Waals surface area contributed by atoms with Crippen LogP contribution in [-0.2, 0) is 0 Å². The van der Waals surface area contributed by atoms with Gasteiger partial charge in [0.2, 0.25) is 0 Å². The van der Waals surface area contributed by atoms with Crippen LogP contribution in [0.1, 0.15) is 16.8 Å². The quantitative estimate of drug-likeness (QED) is 0.849. The second-order valence-electron chi connectivity index (χ2n) is 3.88.